The molecule has 0 unspecified atom stereocenters. The molecule has 1 heterocycles. The standard InChI is InChI=1S/C20H28F3N3O2.CH4/c1-14(2)12-18(24-3)19(27)26-10-8-16(9-11-26)25-28-13-15-6-4-5-7-17(15)20(21,22)23;/h4-7,14,18,24H,8-13H2,1-3H3;1H4/t18-;/m0./s1. The largest absolute Gasteiger partial charge is 0.416 e. The number of hydrogen-bond donors (Lipinski definition) is 1. The molecule has 1 aromatic carbocycles. The average molecular weight is 416 g/mol. The molecule has 1 aliphatic heterocycles. The summed E-state index contributed by atoms with van der Waals surface area (Å²) < 4.78 is 39.0. The Balaban J connectivity index is 0.00000420. The first kappa shape index (κ1) is 24.9. The summed E-state index contributed by atoms with van der Waals surface area (Å²) in [6.07, 6.45) is -2.53. The molecule has 0 spiro atoms. The van der Waals surface area contributed by atoms with Gasteiger partial charge in [0.25, 0.3) is 0 Å². The molecule has 0 aromatic heterocycles. The van der Waals surface area contributed by atoms with Gasteiger partial charge in [0.05, 0.1) is 17.3 Å². The molecule has 1 N–H and O–H groups in total. The van der Waals surface area contributed by atoms with Crippen molar-refractivity contribution in [2.24, 2.45) is 11.1 Å². The van der Waals surface area contributed by atoms with E-state index >= 15 is 0 Å². The van der Waals surface area contributed by atoms with Crippen LogP contribution in [0.2, 0.25) is 0 Å². The Morgan fingerprint density at radius 3 is 2.41 bits per heavy atom. The SMILES string of the molecule is C.CN[C@@H](CC(C)C)C(=O)N1CCC(=NOCc2ccccc2C(F)(F)F)CC1. The number of oxime groups is 1. The molecule has 29 heavy (non-hydrogen) atoms. The highest BCUT2D eigenvalue weighted by Gasteiger charge is 2.33. The summed E-state index contributed by atoms with van der Waals surface area (Å²) in [5.74, 6) is 0.492. The first-order valence-electron chi connectivity index (χ1n) is 9.51. The van der Waals surface area contributed by atoms with Crippen molar-refractivity contribution in [2.45, 2.75) is 59.4 Å². The number of amides is 1. The van der Waals surface area contributed by atoms with E-state index in [2.05, 4.69) is 24.3 Å². The van der Waals surface area contributed by atoms with Crippen molar-refractivity contribution in [3.8, 4) is 0 Å². The van der Waals surface area contributed by atoms with Crippen LogP contribution in [0.5, 0.6) is 0 Å². The van der Waals surface area contributed by atoms with Gasteiger partial charge >= 0.3 is 6.18 Å². The fraction of sp³-hybridized carbons (Fsp3) is 0.619. The van der Waals surface area contributed by atoms with Crippen molar-refractivity contribution in [1.29, 1.82) is 0 Å². The summed E-state index contributed by atoms with van der Waals surface area (Å²) >= 11 is 0. The lowest BCUT2D eigenvalue weighted by atomic mass is 10.0. The second-order valence-corrected chi connectivity index (χ2v) is 7.38. The van der Waals surface area contributed by atoms with E-state index in [9.17, 15) is 18.0 Å². The lowest BCUT2D eigenvalue weighted by Gasteiger charge is -2.31. The third-order valence-electron chi connectivity index (χ3n) is 4.74. The number of carbonyl (C=O) groups excluding carboxylic acids is 1. The second-order valence-electron chi connectivity index (χ2n) is 7.38. The third kappa shape index (κ3) is 7.34. The normalized spacial score (nSPS) is 15.7. The minimum absolute atomic E-state index is 0. The van der Waals surface area contributed by atoms with Crippen LogP contribution in [0.1, 0.15) is 51.7 Å². The van der Waals surface area contributed by atoms with E-state index in [4.69, 9.17) is 4.84 Å². The summed E-state index contributed by atoms with van der Waals surface area (Å²) in [6, 6.07) is 5.11. The topological polar surface area (TPSA) is 53.9 Å². The molecule has 1 fully saturated rings. The Labute approximate surface area is 171 Å². The molecule has 1 aromatic rings. The predicted octanol–water partition coefficient (Wildman–Crippen LogP) is 4.47. The lowest BCUT2D eigenvalue weighted by molar-refractivity contribution is -0.139. The van der Waals surface area contributed by atoms with Crippen LogP contribution in [-0.2, 0) is 22.4 Å². The molecule has 164 valence electrons. The van der Waals surface area contributed by atoms with Crippen LogP contribution in [0.3, 0.4) is 0 Å². The number of carbonyl (C=O) groups is 1. The number of nitrogens with one attached hydrogen (secondary N) is 1. The van der Waals surface area contributed by atoms with Gasteiger partial charge in [-0.3, -0.25) is 4.79 Å². The molecule has 0 bridgehead atoms. The van der Waals surface area contributed by atoms with Crippen LogP contribution in [0.25, 0.3) is 0 Å². The maximum absolute atomic E-state index is 13.0. The lowest BCUT2D eigenvalue weighted by Crippen LogP contribution is -2.48. The molecule has 1 atom stereocenters. The molecule has 2 rings (SSSR count). The first-order chi connectivity index (χ1) is 13.2. The molecule has 0 radical (unpaired) electrons. The molecule has 1 aliphatic rings. The molecule has 1 amide bonds. The van der Waals surface area contributed by atoms with Gasteiger partial charge < -0.3 is 15.1 Å². The van der Waals surface area contributed by atoms with Gasteiger partial charge in [0.2, 0.25) is 5.91 Å². The van der Waals surface area contributed by atoms with E-state index in [0.717, 1.165) is 18.2 Å². The molecule has 5 nitrogen and oxygen atoms in total. The van der Waals surface area contributed by atoms with Crippen molar-refractivity contribution in [1.82, 2.24) is 10.2 Å². The van der Waals surface area contributed by atoms with Crippen LogP contribution < -0.4 is 5.32 Å². The minimum atomic E-state index is -4.42. The van der Waals surface area contributed by atoms with Gasteiger partial charge in [-0.05, 0) is 25.5 Å². The van der Waals surface area contributed by atoms with E-state index in [1.54, 1.807) is 13.1 Å². The number of hydrogen-bond acceptors (Lipinski definition) is 4. The molecule has 0 saturated carbocycles. The Morgan fingerprint density at radius 2 is 1.86 bits per heavy atom. The summed E-state index contributed by atoms with van der Waals surface area (Å²) in [6.45, 7) is 4.99. The van der Waals surface area contributed by atoms with Gasteiger partial charge in [0, 0.05) is 31.5 Å². The Morgan fingerprint density at radius 1 is 1.24 bits per heavy atom. The number of nitrogens with zero attached hydrogens (tertiary/aromatic N) is 2. The van der Waals surface area contributed by atoms with E-state index in [1.807, 2.05) is 4.90 Å². The Kier molecular flexibility index (Phi) is 9.62. The van der Waals surface area contributed by atoms with E-state index < -0.39 is 11.7 Å². The van der Waals surface area contributed by atoms with Crippen molar-refractivity contribution in [2.75, 3.05) is 20.1 Å². The quantitative estimate of drug-likeness (QED) is 0.669. The maximum Gasteiger partial charge on any atom is 0.416 e. The molecule has 8 heteroatoms. The zero-order valence-corrected chi connectivity index (χ0v) is 16.6. The highest BCUT2D eigenvalue weighted by atomic mass is 19.4. The van der Waals surface area contributed by atoms with Gasteiger partial charge in [-0.15, -0.1) is 0 Å². The number of rotatable bonds is 7. The fourth-order valence-electron chi connectivity index (χ4n) is 3.23. The van der Waals surface area contributed by atoms with E-state index in [0.29, 0.717) is 31.8 Å². The number of alkyl halides is 3. The van der Waals surface area contributed by atoms with Gasteiger partial charge in [-0.1, -0.05) is 44.6 Å². The maximum atomic E-state index is 13.0. The Bertz CT molecular complexity index is 680. The predicted molar refractivity (Wildman–Crippen MR) is 109 cm³/mol. The summed E-state index contributed by atoms with van der Waals surface area (Å²) in [5, 5.41) is 7.08. The number of likely N-dealkylation sites (N-methyl/N-ethyl adjacent to an activating group) is 1. The Hall–Kier alpha value is -2.09. The average Bonchev–Trinajstić information content (AvgIpc) is 2.65. The third-order valence-corrected chi connectivity index (χ3v) is 4.74. The summed E-state index contributed by atoms with van der Waals surface area (Å²) in [5.41, 5.74) is 0.106. The number of piperidine rings is 1. The van der Waals surface area contributed by atoms with Gasteiger partial charge in [-0.2, -0.15) is 13.2 Å². The van der Waals surface area contributed by atoms with Crippen LogP contribution >= 0.6 is 0 Å². The number of halogens is 3. The van der Waals surface area contributed by atoms with Crippen molar-refractivity contribution >= 4 is 11.6 Å². The number of likely N-dealkylation sites (tertiary alicyclic amines) is 1. The smallest absolute Gasteiger partial charge is 0.391 e. The van der Waals surface area contributed by atoms with Crippen LogP contribution in [-0.4, -0.2) is 42.7 Å². The molecular weight excluding hydrogens is 383 g/mol. The zero-order valence-electron chi connectivity index (χ0n) is 16.6. The van der Waals surface area contributed by atoms with Gasteiger partial charge in [0.15, 0.2) is 0 Å². The molecular formula is C21H32F3N3O2. The van der Waals surface area contributed by atoms with E-state index in [-0.39, 0.29) is 31.5 Å². The van der Waals surface area contributed by atoms with Crippen LogP contribution in [0, 0.1) is 5.92 Å². The second kappa shape index (κ2) is 11.2. The monoisotopic (exact) mass is 415 g/mol. The van der Waals surface area contributed by atoms with Crippen molar-refractivity contribution in [3.05, 3.63) is 35.4 Å². The summed E-state index contributed by atoms with van der Waals surface area (Å²) in [7, 11) is 1.79. The molecule has 1 saturated heterocycles. The number of benzene rings is 1. The van der Waals surface area contributed by atoms with Crippen LogP contribution in [0.4, 0.5) is 13.2 Å². The van der Waals surface area contributed by atoms with Crippen molar-refractivity contribution < 1.29 is 22.8 Å². The van der Waals surface area contributed by atoms with Gasteiger partial charge in [0.1, 0.15) is 6.61 Å². The zero-order chi connectivity index (χ0) is 20.7. The first-order valence-corrected chi connectivity index (χ1v) is 9.51. The summed E-state index contributed by atoms with van der Waals surface area (Å²) in [4.78, 5) is 19.6. The van der Waals surface area contributed by atoms with Crippen molar-refractivity contribution in [3.63, 3.8) is 0 Å². The van der Waals surface area contributed by atoms with E-state index in [1.165, 1.54) is 12.1 Å². The highest BCUT2D eigenvalue weighted by molar-refractivity contribution is 5.88. The fourth-order valence-corrected chi connectivity index (χ4v) is 3.23. The minimum Gasteiger partial charge on any atom is -0.391 e. The highest BCUT2D eigenvalue weighted by Crippen LogP contribution is 2.32. The molecule has 0 aliphatic carbocycles. The van der Waals surface area contributed by atoms with Gasteiger partial charge in [-0.25, -0.2) is 0 Å². The van der Waals surface area contributed by atoms with Crippen LogP contribution in [0.15, 0.2) is 29.4 Å².